The quantitative estimate of drug-likeness (QED) is 0.603. The van der Waals surface area contributed by atoms with E-state index in [0.717, 1.165) is 29.0 Å². The van der Waals surface area contributed by atoms with Gasteiger partial charge in [-0.3, -0.25) is 0 Å². The lowest BCUT2D eigenvalue weighted by Crippen LogP contribution is -2.36. The number of thiazole rings is 1. The Labute approximate surface area is 154 Å². The molecular weight excluding hydrogens is 334 g/mol. The molecule has 2 aromatic rings. The molecule has 0 unspecified atom stereocenters. The Morgan fingerprint density at radius 2 is 2.08 bits per heavy atom. The van der Waals surface area contributed by atoms with Crippen molar-refractivity contribution in [2.45, 2.75) is 66.0 Å². The fourth-order valence-corrected chi connectivity index (χ4v) is 2.89. The molecule has 0 aliphatic heterocycles. The SMILES string of the molecule is CCNC(=NCc1csc(C(C)C)n1)NCc1ncc(C(C)(C)C)o1. The zero-order chi connectivity index (χ0) is 18.4. The molecule has 0 radical (unpaired) electrons. The molecule has 0 saturated carbocycles. The molecule has 7 heteroatoms. The van der Waals surface area contributed by atoms with Crippen molar-refractivity contribution < 1.29 is 4.42 Å². The van der Waals surface area contributed by atoms with E-state index in [9.17, 15) is 0 Å². The van der Waals surface area contributed by atoms with Crippen LogP contribution in [0.5, 0.6) is 0 Å². The Morgan fingerprint density at radius 1 is 1.32 bits per heavy atom. The Kier molecular flexibility index (Phi) is 6.58. The average molecular weight is 364 g/mol. The average Bonchev–Trinajstić information content (AvgIpc) is 3.18. The number of nitrogens with zero attached hydrogens (tertiary/aromatic N) is 3. The lowest BCUT2D eigenvalue weighted by molar-refractivity contribution is 0.379. The number of aliphatic imine (C=N–C) groups is 1. The van der Waals surface area contributed by atoms with Crippen LogP contribution < -0.4 is 10.6 Å². The summed E-state index contributed by atoms with van der Waals surface area (Å²) in [7, 11) is 0. The molecule has 0 fully saturated rings. The third kappa shape index (κ3) is 5.85. The minimum atomic E-state index is -0.0391. The highest BCUT2D eigenvalue weighted by atomic mass is 32.1. The highest BCUT2D eigenvalue weighted by Crippen LogP contribution is 2.22. The summed E-state index contributed by atoms with van der Waals surface area (Å²) in [4.78, 5) is 13.5. The summed E-state index contributed by atoms with van der Waals surface area (Å²) in [5, 5.41) is 9.72. The summed E-state index contributed by atoms with van der Waals surface area (Å²) in [6, 6.07) is 0. The van der Waals surface area contributed by atoms with Gasteiger partial charge in [-0.2, -0.15) is 0 Å². The van der Waals surface area contributed by atoms with Gasteiger partial charge in [0.05, 0.1) is 30.0 Å². The van der Waals surface area contributed by atoms with Crippen molar-refractivity contribution in [3.05, 3.63) is 33.9 Å². The zero-order valence-corrected chi connectivity index (χ0v) is 16.8. The van der Waals surface area contributed by atoms with Crippen molar-refractivity contribution >= 4 is 17.3 Å². The second-order valence-corrected chi connectivity index (χ2v) is 8.14. The van der Waals surface area contributed by atoms with E-state index in [1.807, 2.05) is 6.92 Å². The van der Waals surface area contributed by atoms with Gasteiger partial charge in [0, 0.05) is 23.3 Å². The van der Waals surface area contributed by atoms with Crippen LogP contribution in [0.3, 0.4) is 0 Å². The van der Waals surface area contributed by atoms with Crippen LogP contribution in [0.1, 0.15) is 69.8 Å². The number of nitrogens with one attached hydrogen (secondary N) is 2. The monoisotopic (exact) mass is 363 g/mol. The Balaban J connectivity index is 1.96. The van der Waals surface area contributed by atoms with E-state index in [4.69, 9.17) is 4.42 Å². The molecule has 0 bridgehead atoms. The van der Waals surface area contributed by atoms with Crippen LogP contribution in [0.2, 0.25) is 0 Å². The highest BCUT2D eigenvalue weighted by molar-refractivity contribution is 7.09. The predicted molar refractivity (Wildman–Crippen MR) is 103 cm³/mol. The van der Waals surface area contributed by atoms with E-state index >= 15 is 0 Å². The summed E-state index contributed by atoms with van der Waals surface area (Å²) in [6.45, 7) is 14.5. The third-order valence-electron chi connectivity index (χ3n) is 3.51. The molecule has 138 valence electrons. The maximum atomic E-state index is 5.80. The van der Waals surface area contributed by atoms with Crippen LogP contribution in [0.15, 0.2) is 21.0 Å². The lowest BCUT2D eigenvalue weighted by Gasteiger charge is -2.13. The van der Waals surface area contributed by atoms with E-state index in [2.05, 4.69) is 65.6 Å². The number of guanidine groups is 1. The van der Waals surface area contributed by atoms with Gasteiger partial charge in [-0.25, -0.2) is 15.0 Å². The van der Waals surface area contributed by atoms with Gasteiger partial charge in [0.2, 0.25) is 5.89 Å². The molecule has 2 rings (SSSR count). The van der Waals surface area contributed by atoms with Gasteiger partial charge in [0.1, 0.15) is 5.76 Å². The lowest BCUT2D eigenvalue weighted by atomic mass is 9.94. The van der Waals surface area contributed by atoms with Gasteiger partial charge in [0.25, 0.3) is 0 Å². The maximum absolute atomic E-state index is 5.80. The number of rotatable bonds is 6. The van der Waals surface area contributed by atoms with Crippen molar-refractivity contribution in [3.8, 4) is 0 Å². The van der Waals surface area contributed by atoms with Crippen molar-refractivity contribution in [3.63, 3.8) is 0 Å². The van der Waals surface area contributed by atoms with Gasteiger partial charge in [-0.15, -0.1) is 11.3 Å². The van der Waals surface area contributed by atoms with E-state index < -0.39 is 0 Å². The largest absolute Gasteiger partial charge is 0.443 e. The fourth-order valence-electron chi connectivity index (χ4n) is 2.06. The van der Waals surface area contributed by atoms with Crippen molar-refractivity contribution in [2.24, 2.45) is 4.99 Å². The molecule has 2 aromatic heterocycles. The van der Waals surface area contributed by atoms with Crippen LogP contribution in [0.25, 0.3) is 0 Å². The van der Waals surface area contributed by atoms with Crippen LogP contribution >= 0.6 is 11.3 Å². The molecule has 2 N–H and O–H groups in total. The first-order valence-electron chi connectivity index (χ1n) is 8.71. The minimum absolute atomic E-state index is 0.0391. The molecule has 0 saturated heterocycles. The van der Waals surface area contributed by atoms with E-state index in [0.29, 0.717) is 24.9 Å². The first-order valence-corrected chi connectivity index (χ1v) is 9.59. The first-order chi connectivity index (χ1) is 11.8. The summed E-state index contributed by atoms with van der Waals surface area (Å²) in [6.07, 6.45) is 1.80. The van der Waals surface area contributed by atoms with Crippen LogP contribution in [-0.2, 0) is 18.5 Å². The number of hydrogen-bond acceptors (Lipinski definition) is 5. The van der Waals surface area contributed by atoms with E-state index in [1.54, 1.807) is 17.5 Å². The molecule has 0 amide bonds. The molecule has 6 nitrogen and oxygen atoms in total. The molecule has 25 heavy (non-hydrogen) atoms. The normalized spacial score (nSPS) is 12.7. The molecule has 0 aliphatic carbocycles. The molecule has 2 heterocycles. The van der Waals surface area contributed by atoms with Crippen LogP contribution in [0, 0.1) is 0 Å². The van der Waals surface area contributed by atoms with Crippen LogP contribution in [-0.4, -0.2) is 22.5 Å². The minimum Gasteiger partial charge on any atom is -0.443 e. The predicted octanol–water partition coefficient (Wildman–Crippen LogP) is 3.81. The summed E-state index contributed by atoms with van der Waals surface area (Å²) >= 11 is 1.69. The number of aromatic nitrogens is 2. The van der Waals surface area contributed by atoms with Gasteiger partial charge < -0.3 is 15.1 Å². The second kappa shape index (κ2) is 8.47. The molecular formula is C18H29N5OS. The third-order valence-corrected chi connectivity index (χ3v) is 4.70. The van der Waals surface area contributed by atoms with Crippen LogP contribution in [0.4, 0.5) is 0 Å². The smallest absolute Gasteiger partial charge is 0.213 e. The van der Waals surface area contributed by atoms with Gasteiger partial charge >= 0.3 is 0 Å². The Morgan fingerprint density at radius 3 is 2.64 bits per heavy atom. The van der Waals surface area contributed by atoms with Gasteiger partial charge in [0.15, 0.2) is 5.96 Å². The van der Waals surface area contributed by atoms with Crippen molar-refractivity contribution in [2.75, 3.05) is 6.54 Å². The Bertz CT molecular complexity index is 696. The summed E-state index contributed by atoms with van der Waals surface area (Å²) < 4.78 is 5.80. The summed E-state index contributed by atoms with van der Waals surface area (Å²) in [5.74, 6) is 2.73. The van der Waals surface area contributed by atoms with E-state index in [1.165, 1.54) is 0 Å². The molecule has 0 aliphatic rings. The summed E-state index contributed by atoms with van der Waals surface area (Å²) in [5.41, 5.74) is 0.958. The molecule has 0 atom stereocenters. The number of hydrogen-bond donors (Lipinski definition) is 2. The highest BCUT2D eigenvalue weighted by Gasteiger charge is 2.19. The zero-order valence-electron chi connectivity index (χ0n) is 16.0. The number of oxazole rings is 1. The second-order valence-electron chi connectivity index (χ2n) is 7.25. The maximum Gasteiger partial charge on any atom is 0.213 e. The van der Waals surface area contributed by atoms with Crippen molar-refractivity contribution in [1.82, 2.24) is 20.6 Å². The van der Waals surface area contributed by atoms with Crippen molar-refractivity contribution in [1.29, 1.82) is 0 Å². The fraction of sp³-hybridized carbons (Fsp3) is 0.611. The molecule has 0 spiro atoms. The first kappa shape index (κ1) is 19.4. The molecule has 0 aromatic carbocycles. The van der Waals surface area contributed by atoms with E-state index in [-0.39, 0.29) is 5.41 Å². The van der Waals surface area contributed by atoms with Gasteiger partial charge in [-0.1, -0.05) is 34.6 Å². The topological polar surface area (TPSA) is 75.3 Å². The standard InChI is InChI=1S/C18H29N5OS/c1-7-19-17(21-8-13-11-25-16(23-13)12(2)3)22-10-15-20-9-14(24-15)18(4,5)6/h9,11-12H,7-8,10H2,1-6H3,(H2,19,21,22). The van der Waals surface area contributed by atoms with Gasteiger partial charge in [-0.05, 0) is 6.92 Å². The Hall–Kier alpha value is -1.89.